The second-order valence-electron chi connectivity index (χ2n) is 5.45. The Morgan fingerprint density at radius 2 is 1.87 bits per heavy atom. The van der Waals surface area contributed by atoms with Crippen molar-refractivity contribution in [3.63, 3.8) is 0 Å². The van der Waals surface area contributed by atoms with Crippen LogP contribution < -0.4 is 5.32 Å². The summed E-state index contributed by atoms with van der Waals surface area (Å²) in [5.74, 6) is 2.33. The summed E-state index contributed by atoms with van der Waals surface area (Å²) in [5.41, 5.74) is 0. The number of thioether (sulfide) groups is 1. The first-order valence-corrected chi connectivity index (χ1v) is 7.68. The summed E-state index contributed by atoms with van der Waals surface area (Å²) in [6, 6.07) is 1.62. The van der Waals surface area contributed by atoms with E-state index in [9.17, 15) is 0 Å². The van der Waals surface area contributed by atoms with Crippen LogP contribution in [0.2, 0.25) is 0 Å². The van der Waals surface area contributed by atoms with Crippen molar-refractivity contribution in [1.82, 2.24) is 5.32 Å². The first-order chi connectivity index (χ1) is 7.25. The highest BCUT2D eigenvalue weighted by Gasteiger charge is 2.26. The van der Waals surface area contributed by atoms with E-state index in [1.807, 2.05) is 0 Å². The summed E-state index contributed by atoms with van der Waals surface area (Å²) >= 11 is 2.14. The standard InChI is InChI=1S/C13H25NS/c1-10-4-3-5-12(7-6-10)14-13-8-9-15-11(13)2/h10-14H,3-9H2,1-2H3. The topological polar surface area (TPSA) is 12.0 Å². The van der Waals surface area contributed by atoms with Crippen molar-refractivity contribution in [2.45, 2.75) is 69.7 Å². The molecule has 2 aliphatic rings. The van der Waals surface area contributed by atoms with Crippen molar-refractivity contribution in [2.75, 3.05) is 5.75 Å². The van der Waals surface area contributed by atoms with E-state index in [1.165, 1.54) is 44.3 Å². The minimum Gasteiger partial charge on any atom is -0.310 e. The molecule has 0 bridgehead atoms. The van der Waals surface area contributed by atoms with Crippen LogP contribution in [-0.4, -0.2) is 23.1 Å². The van der Waals surface area contributed by atoms with Crippen molar-refractivity contribution in [2.24, 2.45) is 5.92 Å². The molecule has 15 heavy (non-hydrogen) atoms. The maximum atomic E-state index is 3.91. The highest BCUT2D eigenvalue weighted by molar-refractivity contribution is 8.00. The maximum absolute atomic E-state index is 3.91. The van der Waals surface area contributed by atoms with E-state index in [0.717, 1.165) is 23.3 Å². The van der Waals surface area contributed by atoms with Crippen molar-refractivity contribution in [3.05, 3.63) is 0 Å². The molecule has 0 aromatic rings. The van der Waals surface area contributed by atoms with Gasteiger partial charge in [0.15, 0.2) is 0 Å². The van der Waals surface area contributed by atoms with E-state index in [4.69, 9.17) is 0 Å². The second kappa shape index (κ2) is 5.58. The SMILES string of the molecule is CC1CCCC(NC2CCSC2C)CC1. The summed E-state index contributed by atoms with van der Waals surface area (Å²) in [7, 11) is 0. The Labute approximate surface area is 98.8 Å². The Morgan fingerprint density at radius 1 is 1.00 bits per heavy atom. The lowest BCUT2D eigenvalue weighted by molar-refractivity contribution is 0.387. The van der Waals surface area contributed by atoms with E-state index >= 15 is 0 Å². The molecule has 1 aliphatic carbocycles. The minimum atomic E-state index is 0.799. The smallest absolute Gasteiger partial charge is 0.0194 e. The zero-order chi connectivity index (χ0) is 10.7. The Hall–Kier alpha value is 0.310. The average Bonchev–Trinajstić information content (AvgIpc) is 2.48. The largest absolute Gasteiger partial charge is 0.310 e. The average molecular weight is 227 g/mol. The summed E-state index contributed by atoms with van der Waals surface area (Å²) in [6.07, 6.45) is 8.54. The van der Waals surface area contributed by atoms with Gasteiger partial charge in [-0.25, -0.2) is 0 Å². The molecule has 4 unspecified atom stereocenters. The van der Waals surface area contributed by atoms with E-state index in [-0.39, 0.29) is 0 Å². The van der Waals surface area contributed by atoms with Crippen molar-refractivity contribution < 1.29 is 0 Å². The predicted molar refractivity (Wildman–Crippen MR) is 69.5 cm³/mol. The molecule has 4 atom stereocenters. The molecule has 0 spiro atoms. The highest BCUT2D eigenvalue weighted by Crippen LogP contribution is 2.29. The van der Waals surface area contributed by atoms with Crippen LogP contribution in [-0.2, 0) is 0 Å². The fraction of sp³-hybridized carbons (Fsp3) is 1.00. The fourth-order valence-corrected chi connectivity index (χ4v) is 4.12. The third kappa shape index (κ3) is 3.39. The molecule has 1 aliphatic heterocycles. The van der Waals surface area contributed by atoms with Crippen LogP contribution in [0.1, 0.15) is 52.4 Å². The van der Waals surface area contributed by atoms with E-state index in [1.54, 1.807) is 0 Å². The molecule has 1 saturated heterocycles. The van der Waals surface area contributed by atoms with Crippen LogP contribution in [0, 0.1) is 5.92 Å². The van der Waals surface area contributed by atoms with Crippen LogP contribution >= 0.6 is 11.8 Å². The van der Waals surface area contributed by atoms with Gasteiger partial charge in [-0.15, -0.1) is 0 Å². The molecule has 0 radical (unpaired) electrons. The third-order valence-electron chi connectivity index (χ3n) is 4.08. The van der Waals surface area contributed by atoms with Crippen molar-refractivity contribution in [3.8, 4) is 0 Å². The molecule has 0 aromatic carbocycles. The molecule has 88 valence electrons. The summed E-state index contributed by atoms with van der Waals surface area (Å²) in [6.45, 7) is 4.80. The highest BCUT2D eigenvalue weighted by atomic mass is 32.2. The molecule has 0 amide bonds. The zero-order valence-corrected chi connectivity index (χ0v) is 11.0. The Balaban J connectivity index is 1.78. The summed E-state index contributed by atoms with van der Waals surface area (Å²) in [5, 5.41) is 4.75. The summed E-state index contributed by atoms with van der Waals surface area (Å²) in [4.78, 5) is 0. The molecule has 2 heteroatoms. The molecule has 2 fully saturated rings. The van der Waals surface area contributed by atoms with Gasteiger partial charge in [0, 0.05) is 17.3 Å². The van der Waals surface area contributed by atoms with Gasteiger partial charge in [-0.3, -0.25) is 0 Å². The van der Waals surface area contributed by atoms with Crippen LogP contribution in [0.3, 0.4) is 0 Å². The molecule has 2 rings (SSSR count). The number of hydrogen-bond acceptors (Lipinski definition) is 2. The van der Waals surface area contributed by atoms with Gasteiger partial charge in [0.25, 0.3) is 0 Å². The third-order valence-corrected chi connectivity index (χ3v) is 5.41. The van der Waals surface area contributed by atoms with Gasteiger partial charge in [0.2, 0.25) is 0 Å². The maximum Gasteiger partial charge on any atom is 0.0194 e. The van der Waals surface area contributed by atoms with Gasteiger partial charge >= 0.3 is 0 Å². The lowest BCUT2D eigenvalue weighted by Crippen LogP contribution is -2.41. The van der Waals surface area contributed by atoms with Gasteiger partial charge in [-0.05, 0) is 37.4 Å². The molecular weight excluding hydrogens is 202 g/mol. The van der Waals surface area contributed by atoms with Gasteiger partial charge in [-0.1, -0.05) is 26.7 Å². The first kappa shape index (κ1) is 11.8. The lowest BCUT2D eigenvalue weighted by Gasteiger charge is -2.24. The Bertz CT molecular complexity index is 195. The van der Waals surface area contributed by atoms with E-state index < -0.39 is 0 Å². The fourth-order valence-electron chi connectivity index (χ4n) is 2.91. The summed E-state index contributed by atoms with van der Waals surface area (Å²) < 4.78 is 0. The van der Waals surface area contributed by atoms with Crippen LogP contribution in [0.5, 0.6) is 0 Å². The first-order valence-electron chi connectivity index (χ1n) is 6.63. The number of hydrogen-bond donors (Lipinski definition) is 1. The minimum absolute atomic E-state index is 0.799. The number of rotatable bonds is 2. The van der Waals surface area contributed by atoms with Crippen LogP contribution in [0.15, 0.2) is 0 Å². The molecular formula is C13H25NS. The monoisotopic (exact) mass is 227 g/mol. The van der Waals surface area contributed by atoms with Gasteiger partial charge in [0.05, 0.1) is 0 Å². The molecule has 1 nitrogen and oxygen atoms in total. The molecule has 1 heterocycles. The molecule has 0 aromatic heterocycles. The second-order valence-corrected chi connectivity index (χ2v) is 6.93. The van der Waals surface area contributed by atoms with Crippen LogP contribution in [0.25, 0.3) is 0 Å². The quantitative estimate of drug-likeness (QED) is 0.725. The van der Waals surface area contributed by atoms with Gasteiger partial charge < -0.3 is 5.32 Å². The molecule has 1 saturated carbocycles. The van der Waals surface area contributed by atoms with Crippen LogP contribution in [0.4, 0.5) is 0 Å². The number of nitrogens with one attached hydrogen (secondary N) is 1. The molecule has 1 N–H and O–H groups in total. The normalized spacial score (nSPS) is 42.8. The van der Waals surface area contributed by atoms with E-state index in [2.05, 4.69) is 30.9 Å². The Kier molecular flexibility index (Phi) is 4.39. The van der Waals surface area contributed by atoms with Gasteiger partial charge in [-0.2, -0.15) is 11.8 Å². The predicted octanol–water partition coefficient (Wildman–Crippen LogP) is 3.44. The van der Waals surface area contributed by atoms with Gasteiger partial charge in [0.1, 0.15) is 0 Å². The van der Waals surface area contributed by atoms with E-state index in [0.29, 0.717) is 0 Å². The van der Waals surface area contributed by atoms with Crippen molar-refractivity contribution >= 4 is 11.8 Å². The lowest BCUT2D eigenvalue weighted by atomic mass is 10.0. The Morgan fingerprint density at radius 3 is 2.60 bits per heavy atom. The zero-order valence-electron chi connectivity index (χ0n) is 10.2. The van der Waals surface area contributed by atoms with Crippen molar-refractivity contribution in [1.29, 1.82) is 0 Å².